The lowest BCUT2D eigenvalue weighted by atomic mass is 10.2. The zero-order valence-electron chi connectivity index (χ0n) is 7.56. The summed E-state index contributed by atoms with van der Waals surface area (Å²) in [6.45, 7) is 1.76. The summed E-state index contributed by atoms with van der Waals surface area (Å²) in [6, 6.07) is 0.455. The van der Waals surface area contributed by atoms with Gasteiger partial charge in [-0.1, -0.05) is 0 Å². The summed E-state index contributed by atoms with van der Waals surface area (Å²) in [5, 5.41) is 0. The van der Waals surface area contributed by atoms with Crippen molar-refractivity contribution in [3.8, 4) is 0 Å². The number of aromatic nitrogens is 2. The lowest BCUT2D eigenvalue weighted by Gasteiger charge is -2.23. The highest BCUT2D eigenvalue weighted by molar-refractivity contribution is 5.38. The summed E-state index contributed by atoms with van der Waals surface area (Å²) in [5.74, 6) is 0.954. The van der Waals surface area contributed by atoms with Gasteiger partial charge in [0.2, 0.25) is 0 Å². The molecule has 1 aromatic heterocycles. The molecule has 1 aromatic rings. The Balaban J connectivity index is 2.16. The standard InChI is InChI=1S/C9H14N4/c10-6-8-2-1-5-13(8)9-7-11-3-4-12-9/h3-4,7-8H,1-2,5-6,10H2/t8-/m1/s1. The molecular formula is C9H14N4. The van der Waals surface area contributed by atoms with Gasteiger partial charge in [-0.2, -0.15) is 0 Å². The van der Waals surface area contributed by atoms with Crippen LogP contribution in [0, 0.1) is 0 Å². The van der Waals surface area contributed by atoms with Gasteiger partial charge >= 0.3 is 0 Å². The highest BCUT2D eigenvalue weighted by Gasteiger charge is 2.23. The molecule has 70 valence electrons. The monoisotopic (exact) mass is 178 g/mol. The van der Waals surface area contributed by atoms with Crippen molar-refractivity contribution in [3.05, 3.63) is 18.6 Å². The van der Waals surface area contributed by atoms with E-state index in [1.54, 1.807) is 18.6 Å². The summed E-state index contributed by atoms with van der Waals surface area (Å²) in [7, 11) is 0. The lowest BCUT2D eigenvalue weighted by molar-refractivity contribution is 0.670. The van der Waals surface area contributed by atoms with Crippen LogP contribution >= 0.6 is 0 Å². The van der Waals surface area contributed by atoms with Gasteiger partial charge in [0, 0.05) is 31.5 Å². The number of hydrogen-bond donors (Lipinski definition) is 1. The van der Waals surface area contributed by atoms with Crippen LogP contribution in [-0.4, -0.2) is 29.1 Å². The molecule has 2 rings (SSSR count). The van der Waals surface area contributed by atoms with E-state index in [4.69, 9.17) is 5.73 Å². The molecule has 4 heteroatoms. The van der Waals surface area contributed by atoms with Gasteiger partial charge in [-0.15, -0.1) is 0 Å². The lowest BCUT2D eigenvalue weighted by Crippen LogP contribution is -2.35. The molecule has 1 fully saturated rings. The Bertz CT molecular complexity index is 262. The molecule has 0 saturated carbocycles. The normalized spacial score (nSPS) is 22.2. The Kier molecular flexibility index (Phi) is 2.40. The van der Waals surface area contributed by atoms with E-state index in [9.17, 15) is 0 Å². The van der Waals surface area contributed by atoms with Gasteiger partial charge in [0.05, 0.1) is 6.20 Å². The average Bonchev–Trinajstić information content (AvgIpc) is 2.67. The molecular weight excluding hydrogens is 164 g/mol. The van der Waals surface area contributed by atoms with Crippen LogP contribution in [0.15, 0.2) is 18.6 Å². The van der Waals surface area contributed by atoms with Crippen molar-refractivity contribution in [2.24, 2.45) is 5.73 Å². The van der Waals surface area contributed by atoms with Crippen molar-refractivity contribution >= 4 is 5.82 Å². The van der Waals surface area contributed by atoms with Gasteiger partial charge in [-0.25, -0.2) is 4.98 Å². The zero-order chi connectivity index (χ0) is 9.10. The van der Waals surface area contributed by atoms with Gasteiger partial charge in [0.25, 0.3) is 0 Å². The summed E-state index contributed by atoms with van der Waals surface area (Å²) >= 11 is 0. The van der Waals surface area contributed by atoms with Crippen LogP contribution in [0.25, 0.3) is 0 Å². The Labute approximate surface area is 77.8 Å². The maximum absolute atomic E-state index is 5.67. The van der Waals surface area contributed by atoms with Crippen LogP contribution in [0.4, 0.5) is 5.82 Å². The van der Waals surface area contributed by atoms with E-state index in [-0.39, 0.29) is 0 Å². The summed E-state index contributed by atoms with van der Waals surface area (Å²) in [6.07, 6.45) is 7.59. The number of nitrogens with zero attached hydrogens (tertiary/aromatic N) is 3. The predicted molar refractivity (Wildman–Crippen MR) is 51.5 cm³/mol. The third-order valence-corrected chi connectivity index (χ3v) is 2.49. The Morgan fingerprint density at radius 2 is 2.46 bits per heavy atom. The first-order valence-corrected chi connectivity index (χ1v) is 4.64. The first-order chi connectivity index (χ1) is 6.42. The Morgan fingerprint density at radius 1 is 1.54 bits per heavy atom. The largest absolute Gasteiger partial charge is 0.351 e. The van der Waals surface area contributed by atoms with Crippen molar-refractivity contribution in [3.63, 3.8) is 0 Å². The molecule has 1 aliphatic heterocycles. The molecule has 13 heavy (non-hydrogen) atoms. The summed E-state index contributed by atoms with van der Waals surface area (Å²) < 4.78 is 0. The molecule has 1 saturated heterocycles. The molecule has 0 amide bonds. The molecule has 0 unspecified atom stereocenters. The zero-order valence-corrected chi connectivity index (χ0v) is 7.56. The predicted octanol–water partition coefficient (Wildman–Crippen LogP) is 0.404. The molecule has 0 spiro atoms. The third kappa shape index (κ3) is 1.62. The van der Waals surface area contributed by atoms with E-state index in [1.807, 2.05) is 0 Å². The van der Waals surface area contributed by atoms with Gasteiger partial charge in [-0.05, 0) is 12.8 Å². The fourth-order valence-electron chi connectivity index (χ4n) is 1.82. The van der Waals surface area contributed by atoms with Crippen LogP contribution in [0.3, 0.4) is 0 Å². The van der Waals surface area contributed by atoms with Gasteiger partial charge < -0.3 is 10.6 Å². The number of nitrogens with two attached hydrogens (primary N) is 1. The van der Waals surface area contributed by atoms with Crippen molar-refractivity contribution in [1.82, 2.24) is 9.97 Å². The number of hydrogen-bond acceptors (Lipinski definition) is 4. The van der Waals surface area contributed by atoms with E-state index < -0.39 is 0 Å². The summed E-state index contributed by atoms with van der Waals surface area (Å²) in [4.78, 5) is 10.6. The fraction of sp³-hybridized carbons (Fsp3) is 0.556. The van der Waals surface area contributed by atoms with Crippen molar-refractivity contribution in [2.75, 3.05) is 18.0 Å². The van der Waals surface area contributed by atoms with E-state index >= 15 is 0 Å². The molecule has 0 aromatic carbocycles. The second-order valence-corrected chi connectivity index (χ2v) is 3.29. The van der Waals surface area contributed by atoms with E-state index in [2.05, 4.69) is 14.9 Å². The molecule has 2 N–H and O–H groups in total. The molecule has 2 heterocycles. The Hall–Kier alpha value is -1.16. The molecule has 0 bridgehead atoms. The minimum absolute atomic E-state index is 0.455. The first-order valence-electron chi connectivity index (χ1n) is 4.64. The topological polar surface area (TPSA) is 55.0 Å². The van der Waals surface area contributed by atoms with Gasteiger partial charge in [0.15, 0.2) is 0 Å². The van der Waals surface area contributed by atoms with Crippen molar-refractivity contribution in [1.29, 1.82) is 0 Å². The molecule has 0 radical (unpaired) electrons. The van der Waals surface area contributed by atoms with E-state index in [1.165, 1.54) is 12.8 Å². The minimum Gasteiger partial charge on any atom is -0.351 e. The molecule has 4 nitrogen and oxygen atoms in total. The second-order valence-electron chi connectivity index (χ2n) is 3.29. The highest BCUT2D eigenvalue weighted by atomic mass is 15.2. The first kappa shape index (κ1) is 8.44. The highest BCUT2D eigenvalue weighted by Crippen LogP contribution is 2.21. The molecule has 0 aliphatic carbocycles. The van der Waals surface area contributed by atoms with Crippen LogP contribution < -0.4 is 10.6 Å². The number of rotatable bonds is 2. The average molecular weight is 178 g/mol. The van der Waals surface area contributed by atoms with E-state index in [0.29, 0.717) is 12.6 Å². The second kappa shape index (κ2) is 3.70. The Morgan fingerprint density at radius 3 is 3.15 bits per heavy atom. The van der Waals surface area contributed by atoms with Crippen LogP contribution in [0.5, 0.6) is 0 Å². The van der Waals surface area contributed by atoms with Crippen LogP contribution in [0.2, 0.25) is 0 Å². The maximum atomic E-state index is 5.67. The van der Waals surface area contributed by atoms with Gasteiger partial charge in [-0.3, -0.25) is 4.98 Å². The minimum atomic E-state index is 0.455. The molecule has 1 aliphatic rings. The van der Waals surface area contributed by atoms with Crippen molar-refractivity contribution < 1.29 is 0 Å². The molecule has 1 atom stereocenters. The fourth-order valence-corrected chi connectivity index (χ4v) is 1.82. The van der Waals surface area contributed by atoms with E-state index in [0.717, 1.165) is 12.4 Å². The summed E-state index contributed by atoms with van der Waals surface area (Å²) in [5.41, 5.74) is 5.67. The van der Waals surface area contributed by atoms with Crippen LogP contribution in [0.1, 0.15) is 12.8 Å². The smallest absolute Gasteiger partial charge is 0.147 e. The maximum Gasteiger partial charge on any atom is 0.147 e. The van der Waals surface area contributed by atoms with Crippen molar-refractivity contribution in [2.45, 2.75) is 18.9 Å². The third-order valence-electron chi connectivity index (χ3n) is 2.49. The van der Waals surface area contributed by atoms with Crippen LogP contribution in [-0.2, 0) is 0 Å². The quantitative estimate of drug-likeness (QED) is 0.712. The van der Waals surface area contributed by atoms with Gasteiger partial charge in [0.1, 0.15) is 5.82 Å². The number of anilines is 1. The SMILES string of the molecule is NC[C@H]1CCCN1c1cnccn1.